The molecule has 6 bridgehead atoms. The number of thiazole rings is 1. The third kappa shape index (κ3) is 8.78. The number of benzene rings is 1. The summed E-state index contributed by atoms with van der Waals surface area (Å²) in [5, 5.41) is 11.7. The fourth-order valence-electron chi connectivity index (χ4n) is 10.3. The summed E-state index contributed by atoms with van der Waals surface area (Å²) in [4.78, 5) is 70.5. The van der Waals surface area contributed by atoms with Crippen molar-refractivity contribution >= 4 is 46.1 Å². The van der Waals surface area contributed by atoms with Crippen LogP contribution in [0.15, 0.2) is 41.9 Å². The van der Waals surface area contributed by atoms with E-state index in [9.17, 15) is 19.2 Å². The molecule has 7 heterocycles. The number of esters is 1. The first-order valence-corrected chi connectivity index (χ1v) is 23.9. The number of fused-ring (bicyclic) bond motifs is 6. The van der Waals surface area contributed by atoms with E-state index in [1.54, 1.807) is 25.3 Å². The molecule has 4 aliphatic heterocycles. The number of rotatable bonds is 8. The lowest BCUT2D eigenvalue weighted by atomic mass is 9.78. The van der Waals surface area contributed by atoms with Gasteiger partial charge in [0.05, 0.1) is 40.3 Å². The minimum atomic E-state index is -1.03. The van der Waals surface area contributed by atoms with Crippen molar-refractivity contribution in [2.24, 2.45) is 11.3 Å². The summed E-state index contributed by atoms with van der Waals surface area (Å²) in [5.41, 5.74) is 9.20. The van der Waals surface area contributed by atoms with Crippen LogP contribution in [0.5, 0.6) is 0 Å². The van der Waals surface area contributed by atoms with Crippen LogP contribution in [-0.4, -0.2) is 124 Å². The molecule has 3 N–H and O–H groups in total. The van der Waals surface area contributed by atoms with Gasteiger partial charge in [-0.2, -0.15) is 0 Å². The van der Waals surface area contributed by atoms with E-state index in [2.05, 4.69) is 65.7 Å². The minimum Gasteiger partial charge on any atom is -0.464 e. The Morgan fingerprint density at radius 1 is 1.12 bits per heavy atom. The Hall–Kier alpha value is -4.90. The first-order valence-electron chi connectivity index (χ1n) is 23.0. The van der Waals surface area contributed by atoms with E-state index in [0.29, 0.717) is 43.9 Å². The molecule has 4 aliphatic rings. The van der Waals surface area contributed by atoms with Gasteiger partial charge in [-0.15, -0.1) is 11.3 Å². The average Bonchev–Trinajstić information content (AvgIpc) is 3.88. The molecule has 15 nitrogen and oxygen atoms in total. The first-order chi connectivity index (χ1) is 30.6. The number of hydrogen-bond donors (Lipinski definition) is 3. The van der Waals surface area contributed by atoms with Crippen LogP contribution in [0, 0.1) is 11.3 Å². The van der Waals surface area contributed by atoms with Crippen LogP contribution in [0.3, 0.4) is 0 Å². The Kier molecular flexibility index (Phi) is 13.2. The molecule has 1 unspecified atom stereocenters. The third-order valence-corrected chi connectivity index (χ3v) is 14.7. The van der Waals surface area contributed by atoms with Crippen molar-refractivity contribution < 1.29 is 28.7 Å². The van der Waals surface area contributed by atoms with Gasteiger partial charge in [0.25, 0.3) is 5.91 Å². The molecule has 16 heteroatoms. The van der Waals surface area contributed by atoms with E-state index in [1.807, 2.05) is 37.1 Å². The summed E-state index contributed by atoms with van der Waals surface area (Å²) >= 11 is 1.44. The lowest BCUT2D eigenvalue weighted by Gasteiger charge is -2.56. The van der Waals surface area contributed by atoms with E-state index in [1.165, 1.54) is 16.3 Å². The van der Waals surface area contributed by atoms with Gasteiger partial charge in [0.2, 0.25) is 5.91 Å². The number of aromatic nitrogens is 3. The average molecular weight is 896 g/mol. The monoisotopic (exact) mass is 895 g/mol. The number of carbonyl (C=O) groups excluding carboxylic acids is 4. The van der Waals surface area contributed by atoms with Crippen molar-refractivity contribution in [3.05, 3.63) is 58.2 Å². The van der Waals surface area contributed by atoms with Gasteiger partial charge < -0.3 is 34.5 Å². The zero-order valence-corrected chi connectivity index (χ0v) is 39.5. The summed E-state index contributed by atoms with van der Waals surface area (Å²) in [5.74, 6) is -1.48. The Balaban J connectivity index is 1.16. The maximum Gasteiger partial charge on any atom is 0.324 e. The smallest absolute Gasteiger partial charge is 0.324 e. The van der Waals surface area contributed by atoms with E-state index in [4.69, 9.17) is 19.4 Å². The highest BCUT2D eigenvalue weighted by atomic mass is 32.1. The normalized spacial score (nSPS) is 23.6. The van der Waals surface area contributed by atoms with Crippen LogP contribution in [-0.2, 0) is 43.2 Å². The van der Waals surface area contributed by atoms with Gasteiger partial charge in [-0.1, -0.05) is 33.8 Å². The number of cyclic esters (lactones) is 1. The number of urea groups is 1. The number of pyridine rings is 1. The van der Waals surface area contributed by atoms with Gasteiger partial charge in [0.15, 0.2) is 0 Å². The highest BCUT2D eigenvalue weighted by molar-refractivity contribution is 7.10. The number of likely N-dealkylation sites (tertiary alicyclic amines) is 1. The van der Waals surface area contributed by atoms with E-state index >= 15 is 0 Å². The molecule has 3 aromatic heterocycles. The molecule has 0 aliphatic carbocycles. The molecule has 3 saturated heterocycles. The largest absolute Gasteiger partial charge is 0.464 e. The van der Waals surface area contributed by atoms with E-state index in [-0.39, 0.29) is 42.5 Å². The second kappa shape index (κ2) is 18.5. The summed E-state index contributed by atoms with van der Waals surface area (Å²) in [6.45, 7) is 15.7. The molecule has 1 spiro atoms. The molecule has 4 aromatic rings. The van der Waals surface area contributed by atoms with Crippen molar-refractivity contribution in [1.29, 1.82) is 0 Å². The lowest BCUT2D eigenvalue weighted by Crippen LogP contribution is -2.71. The summed E-state index contributed by atoms with van der Waals surface area (Å²) in [6, 6.07) is 7.68. The molecule has 3 fully saturated rings. The number of hydrazine groups is 1. The minimum absolute atomic E-state index is 0.116. The SMILES string of the molecule is CCn1c(-c2cccnc2[C@H](C)OC)c2c3cc(ccc31)-c1csc(n1)C[C@H](NC(=O)C(C(C)C)N(C)C(=O)N1CC[C@@]13CCCNC3)C(=O)N1CCC[C@H](N1)C(=O)OCC(C)(C)C2. The van der Waals surface area contributed by atoms with Crippen LogP contribution < -0.4 is 16.1 Å². The number of nitrogens with zero attached hydrogens (tertiary/aromatic N) is 6. The van der Waals surface area contributed by atoms with Gasteiger partial charge in [0.1, 0.15) is 18.1 Å². The lowest BCUT2D eigenvalue weighted by molar-refractivity contribution is -0.155. The number of aryl methyl sites for hydroxylation is 1. The molecular weight excluding hydrogens is 831 g/mol. The molecule has 4 amide bonds. The molecule has 5 atom stereocenters. The van der Waals surface area contributed by atoms with Gasteiger partial charge in [0, 0.05) is 85.8 Å². The van der Waals surface area contributed by atoms with Crippen LogP contribution in [0.2, 0.25) is 0 Å². The highest BCUT2D eigenvalue weighted by Crippen LogP contribution is 2.42. The van der Waals surface area contributed by atoms with Crippen LogP contribution in [0.1, 0.15) is 96.0 Å². The Bertz CT molecular complexity index is 2390. The number of piperidine rings is 1. The van der Waals surface area contributed by atoms with Crippen LogP contribution in [0.4, 0.5) is 4.79 Å². The van der Waals surface area contributed by atoms with Crippen molar-refractivity contribution in [2.75, 3.05) is 46.9 Å². The Morgan fingerprint density at radius 2 is 1.94 bits per heavy atom. The predicted octanol–water partition coefficient (Wildman–Crippen LogP) is 6.11. The predicted molar refractivity (Wildman–Crippen MR) is 247 cm³/mol. The molecule has 344 valence electrons. The molecule has 1 aromatic carbocycles. The highest BCUT2D eigenvalue weighted by Gasteiger charge is 2.50. The standard InChI is InChI=1S/C48H65N9O6S/c1-9-55-38-16-15-31-23-33(38)34(42(55)32-13-10-20-50-40(32)30(4)62-8)25-47(5,6)28-63-45(60)35-14-11-21-57(53-35)44(59)36(24-39-51-37(31)26-64-39)52-43(58)41(29(2)3)54(7)46(61)56-22-18-48(56)17-12-19-49-27-48/h10,13,15-16,20,23,26,29-30,35-36,41,49,53H,9,11-12,14,17-19,21-22,24-25,27-28H2,1-8H3,(H,52,58)/t30-,35-,36-,41?,48+/m0/s1. The summed E-state index contributed by atoms with van der Waals surface area (Å²) in [6.07, 6.45) is 6.18. The number of amides is 4. The molecule has 0 saturated carbocycles. The number of likely N-dealkylation sites (N-methyl/N-ethyl adjacent to an activating group) is 1. The maximum atomic E-state index is 14.6. The van der Waals surface area contributed by atoms with Crippen molar-refractivity contribution in [2.45, 2.75) is 123 Å². The molecular formula is C48H65N9O6S. The number of carbonyl (C=O) groups is 4. The second-order valence-corrected chi connectivity index (χ2v) is 20.2. The quantitative estimate of drug-likeness (QED) is 0.176. The van der Waals surface area contributed by atoms with Crippen molar-refractivity contribution in [3.8, 4) is 22.5 Å². The Morgan fingerprint density at radius 3 is 2.64 bits per heavy atom. The number of ether oxygens (including phenoxy) is 2. The van der Waals surface area contributed by atoms with E-state index in [0.717, 1.165) is 77.0 Å². The third-order valence-electron chi connectivity index (χ3n) is 13.8. The van der Waals surface area contributed by atoms with Gasteiger partial charge in [-0.05, 0) is 94.7 Å². The Labute approximate surface area is 380 Å². The summed E-state index contributed by atoms with van der Waals surface area (Å²) in [7, 11) is 3.38. The van der Waals surface area contributed by atoms with Crippen molar-refractivity contribution in [1.82, 2.24) is 45.4 Å². The zero-order valence-electron chi connectivity index (χ0n) is 38.7. The van der Waals surface area contributed by atoms with Crippen LogP contribution >= 0.6 is 11.3 Å². The fraction of sp³-hybridized carbons (Fsp3) is 0.583. The second-order valence-electron chi connectivity index (χ2n) is 19.3. The van der Waals surface area contributed by atoms with E-state index < -0.39 is 35.4 Å². The maximum absolute atomic E-state index is 14.6. The van der Waals surface area contributed by atoms with Crippen LogP contribution in [0.25, 0.3) is 33.4 Å². The molecule has 8 rings (SSSR count). The van der Waals surface area contributed by atoms with Gasteiger partial charge in [-0.25, -0.2) is 15.2 Å². The zero-order chi connectivity index (χ0) is 45.5. The molecule has 0 radical (unpaired) electrons. The number of methoxy groups -OCH3 is 1. The first kappa shape index (κ1) is 45.7. The summed E-state index contributed by atoms with van der Waals surface area (Å²) < 4.78 is 14.3. The number of nitrogens with one attached hydrogen (secondary N) is 3. The van der Waals surface area contributed by atoms with Gasteiger partial charge in [-0.3, -0.25) is 24.4 Å². The van der Waals surface area contributed by atoms with Crippen molar-refractivity contribution in [3.63, 3.8) is 0 Å². The molecule has 64 heavy (non-hydrogen) atoms. The number of hydrogen-bond acceptors (Lipinski definition) is 11. The fourth-order valence-corrected chi connectivity index (χ4v) is 11.1. The van der Waals surface area contributed by atoms with Gasteiger partial charge >= 0.3 is 12.0 Å². The topological polar surface area (TPSA) is 163 Å².